The lowest BCUT2D eigenvalue weighted by Gasteiger charge is -2.09. The Hall–Kier alpha value is -2.87. The zero-order chi connectivity index (χ0) is 17.1. The molecule has 0 atom stereocenters. The van der Waals surface area contributed by atoms with E-state index in [9.17, 15) is 4.79 Å². The summed E-state index contributed by atoms with van der Waals surface area (Å²) in [4.78, 5) is 16.6. The number of nitrogens with zero attached hydrogens (tertiary/aromatic N) is 3. The van der Waals surface area contributed by atoms with Crippen LogP contribution in [0.25, 0.3) is 10.6 Å². The predicted molar refractivity (Wildman–Crippen MR) is 94.7 cm³/mol. The molecule has 0 saturated carbocycles. The monoisotopic (exact) mass is 343 g/mol. The Morgan fingerprint density at radius 1 is 1.33 bits per heavy atom. The Balaban J connectivity index is 1.75. The van der Waals surface area contributed by atoms with E-state index in [1.54, 1.807) is 36.2 Å². The number of ether oxygens (including phenoxy) is 1. The highest BCUT2D eigenvalue weighted by Crippen LogP contribution is 2.28. The highest BCUT2D eigenvalue weighted by atomic mass is 32.1. The third-order valence-corrected chi connectivity index (χ3v) is 4.22. The second-order valence-corrected chi connectivity index (χ2v) is 5.99. The second-order valence-electron chi connectivity index (χ2n) is 5.09. The number of hydrogen-bond acceptors (Lipinski definition) is 5. The average molecular weight is 343 g/mol. The maximum absolute atomic E-state index is 12.3. The SMILES string of the molecule is COc1c(NC(=O)Nc2cccc(-c3nccs3)c2)c(C)nn1C. The summed E-state index contributed by atoms with van der Waals surface area (Å²) in [6.45, 7) is 1.81. The highest BCUT2D eigenvalue weighted by Gasteiger charge is 2.16. The molecule has 24 heavy (non-hydrogen) atoms. The molecule has 3 aromatic rings. The third-order valence-electron chi connectivity index (χ3n) is 3.40. The summed E-state index contributed by atoms with van der Waals surface area (Å²) in [6, 6.07) is 7.18. The van der Waals surface area contributed by atoms with Crippen molar-refractivity contribution in [3.63, 3.8) is 0 Å². The minimum atomic E-state index is -0.360. The third kappa shape index (κ3) is 3.23. The maximum atomic E-state index is 12.3. The number of urea groups is 1. The number of benzene rings is 1. The number of nitrogens with one attached hydrogen (secondary N) is 2. The summed E-state index contributed by atoms with van der Waals surface area (Å²) in [5.41, 5.74) is 2.87. The molecule has 0 aliphatic heterocycles. The van der Waals surface area contributed by atoms with Crippen LogP contribution >= 0.6 is 11.3 Å². The number of anilines is 2. The molecule has 2 N–H and O–H groups in total. The number of amides is 2. The van der Waals surface area contributed by atoms with Crippen molar-refractivity contribution < 1.29 is 9.53 Å². The van der Waals surface area contributed by atoms with Gasteiger partial charge in [-0.2, -0.15) is 5.10 Å². The van der Waals surface area contributed by atoms with Gasteiger partial charge < -0.3 is 15.4 Å². The Labute approximate surface area is 143 Å². The van der Waals surface area contributed by atoms with Crippen molar-refractivity contribution in [1.82, 2.24) is 14.8 Å². The molecule has 2 amide bonds. The van der Waals surface area contributed by atoms with Crippen LogP contribution in [-0.4, -0.2) is 27.9 Å². The van der Waals surface area contributed by atoms with Crippen LogP contribution in [0.3, 0.4) is 0 Å². The van der Waals surface area contributed by atoms with Crippen LogP contribution in [-0.2, 0) is 7.05 Å². The number of carbonyl (C=O) groups excluding carboxylic acids is 1. The van der Waals surface area contributed by atoms with E-state index in [0.717, 1.165) is 10.6 Å². The van der Waals surface area contributed by atoms with Crippen molar-refractivity contribution in [2.75, 3.05) is 17.7 Å². The molecule has 7 nitrogen and oxygen atoms in total. The van der Waals surface area contributed by atoms with Gasteiger partial charge >= 0.3 is 6.03 Å². The number of thiazole rings is 1. The smallest absolute Gasteiger partial charge is 0.323 e. The molecule has 2 heterocycles. The molecule has 0 fully saturated rings. The molecule has 0 saturated heterocycles. The van der Waals surface area contributed by atoms with Crippen LogP contribution < -0.4 is 15.4 Å². The first-order valence-electron chi connectivity index (χ1n) is 7.24. The fourth-order valence-corrected chi connectivity index (χ4v) is 3.02. The van der Waals surface area contributed by atoms with E-state index in [1.807, 2.05) is 29.6 Å². The van der Waals surface area contributed by atoms with Gasteiger partial charge in [-0.15, -0.1) is 11.3 Å². The summed E-state index contributed by atoms with van der Waals surface area (Å²) >= 11 is 1.55. The topological polar surface area (TPSA) is 81.1 Å². The van der Waals surface area contributed by atoms with E-state index in [1.165, 1.54) is 7.11 Å². The number of rotatable bonds is 4. The van der Waals surface area contributed by atoms with Crippen LogP contribution in [0.2, 0.25) is 0 Å². The first-order chi connectivity index (χ1) is 11.6. The molecule has 0 aliphatic carbocycles. The number of methoxy groups -OCH3 is 1. The molecule has 0 bridgehead atoms. The number of hydrogen-bond donors (Lipinski definition) is 2. The molecular formula is C16H17N5O2S. The first kappa shape index (κ1) is 16.0. The maximum Gasteiger partial charge on any atom is 0.323 e. The average Bonchev–Trinajstić information content (AvgIpc) is 3.17. The van der Waals surface area contributed by atoms with Gasteiger partial charge in [0.15, 0.2) is 0 Å². The summed E-state index contributed by atoms with van der Waals surface area (Å²) in [5.74, 6) is 0.499. The molecular weight excluding hydrogens is 326 g/mol. The zero-order valence-electron chi connectivity index (χ0n) is 13.5. The van der Waals surface area contributed by atoms with Gasteiger partial charge in [-0.3, -0.25) is 0 Å². The molecule has 8 heteroatoms. The zero-order valence-corrected chi connectivity index (χ0v) is 14.3. The lowest BCUT2D eigenvalue weighted by atomic mass is 10.2. The standard InChI is InChI=1S/C16H17N5O2S/c1-10-13(15(23-3)21(2)20-10)19-16(22)18-12-6-4-5-11(9-12)14-17-7-8-24-14/h4-9H,1-3H3,(H2,18,19,22). The lowest BCUT2D eigenvalue weighted by Crippen LogP contribution is -2.20. The van der Waals surface area contributed by atoms with Gasteiger partial charge in [0, 0.05) is 29.9 Å². The van der Waals surface area contributed by atoms with Crippen molar-refractivity contribution in [2.24, 2.45) is 7.05 Å². The normalized spacial score (nSPS) is 10.5. The van der Waals surface area contributed by atoms with E-state index < -0.39 is 0 Å². The quantitative estimate of drug-likeness (QED) is 0.760. The predicted octanol–water partition coefficient (Wildman–Crippen LogP) is 3.50. The van der Waals surface area contributed by atoms with Crippen LogP contribution in [0.1, 0.15) is 5.69 Å². The van der Waals surface area contributed by atoms with Crippen LogP contribution in [0, 0.1) is 6.92 Å². The fraction of sp³-hybridized carbons (Fsp3) is 0.188. The summed E-state index contributed by atoms with van der Waals surface area (Å²) in [6.07, 6.45) is 1.75. The van der Waals surface area contributed by atoms with Gasteiger partial charge in [0.25, 0.3) is 0 Å². The number of aromatic nitrogens is 3. The molecule has 124 valence electrons. The van der Waals surface area contributed by atoms with Gasteiger partial charge in [0.1, 0.15) is 10.7 Å². The summed E-state index contributed by atoms with van der Waals surface area (Å²) in [7, 11) is 3.30. The first-order valence-corrected chi connectivity index (χ1v) is 8.12. The minimum absolute atomic E-state index is 0.360. The minimum Gasteiger partial charge on any atom is -0.480 e. The Bertz CT molecular complexity index is 857. The van der Waals surface area contributed by atoms with Crippen molar-refractivity contribution in [2.45, 2.75) is 6.92 Å². The van der Waals surface area contributed by atoms with Gasteiger partial charge in [-0.1, -0.05) is 12.1 Å². The van der Waals surface area contributed by atoms with Crippen molar-refractivity contribution in [1.29, 1.82) is 0 Å². The van der Waals surface area contributed by atoms with Gasteiger partial charge in [0.05, 0.1) is 12.8 Å². The molecule has 1 aromatic carbocycles. The van der Waals surface area contributed by atoms with E-state index in [-0.39, 0.29) is 6.03 Å². The largest absolute Gasteiger partial charge is 0.480 e. The molecule has 2 aromatic heterocycles. The van der Waals surface area contributed by atoms with E-state index in [4.69, 9.17) is 4.74 Å². The Morgan fingerprint density at radius 2 is 2.17 bits per heavy atom. The van der Waals surface area contributed by atoms with E-state index in [2.05, 4.69) is 20.7 Å². The second kappa shape index (κ2) is 6.71. The molecule has 3 rings (SSSR count). The summed E-state index contributed by atoms with van der Waals surface area (Å²) < 4.78 is 6.84. The van der Waals surface area contributed by atoms with Gasteiger partial charge in [0.2, 0.25) is 5.88 Å². The molecule has 0 aliphatic rings. The van der Waals surface area contributed by atoms with E-state index in [0.29, 0.717) is 22.9 Å². The Morgan fingerprint density at radius 3 is 2.88 bits per heavy atom. The van der Waals surface area contributed by atoms with Crippen molar-refractivity contribution >= 4 is 28.7 Å². The summed E-state index contributed by atoms with van der Waals surface area (Å²) in [5, 5.41) is 12.7. The lowest BCUT2D eigenvalue weighted by molar-refractivity contribution is 0.262. The molecule has 0 spiro atoms. The number of aryl methyl sites for hydroxylation is 2. The molecule has 0 unspecified atom stereocenters. The van der Waals surface area contributed by atoms with Crippen molar-refractivity contribution in [3.05, 3.63) is 41.5 Å². The van der Waals surface area contributed by atoms with E-state index >= 15 is 0 Å². The van der Waals surface area contributed by atoms with Crippen LogP contribution in [0.5, 0.6) is 5.88 Å². The van der Waals surface area contributed by atoms with Crippen LogP contribution in [0.4, 0.5) is 16.2 Å². The highest BCUT2D eigenvalue weighted by molar-refractivity contribution is 7.13. The number of carbonyl (C=O) groups is 1. The Kier molecular flexibility index (Phi) is 4.48. The van der Waals surface area contributed by atoms with Crippen LogP contribution in [0.15, 0.2) is 35.8 Å². The van der Waals surface area contributed by atoms with Gasteiger partial charge in [-0.05, 0) is 19.1 Å². The fourth-order valence-electron chi connectivity index (χ4n) is 2.39. The molecule has 0 radical (unpaired) electrons. The van der Waals surface area contributed by atoms with Gasteiger partial charge in [-0.25, -0.2) is 14.5 Å². The van der Waals surface area contributed by atoms with Crippen molar-refractivity contribution in [3.8, 4) is 16.5 Å².